The van der Waals surface area contributed by atoms with E-state index in [-0.39, 0.29) is 6.04 Å². The second kappa shape index (κ2) is 7.88. The van der Waals surface area contributed by atoms with E-state index in [1.807, 2.05) is 11.9 Å². The summed E-state index contributed by atoms with van der Waals surface area (Å²) >= 11 is 0. The zero-order valence-corrected chi connectivity index (χ0v) is 13.2. The van der Waals surface area contributed by atoms with Gasteiger partial charge in [-0.2, -0.15) is 0 Å². The molecule has 0 bridgehead atoms. The average molecular weight is 268 g/mol. The van der Waals surface area contributed by atoms with E-state index in [0.29, 0.717) is 17.7 Å². The van der Waals surface area contributed by atoms with Crippen LogP contribution in [0.2, 0.25) is 0 Å². The molecule has 0 aliphatic heterocycles. The Kier molecular flexibility index (Phi) is 6.84. The van der Waals surface area contributed by atoms with Gasteiger partial charge in [-0.1, -0.05) is 33.6 Å². The Labute approximate surface area is 118 Å². The number of carbonyl (C=O) groups excluding carboxylic acids is 1. The summed E-state index contributed by atoms with van der Waals surface area (Å²) in [4.78, 5) is 14.1. The van der Waals surface area contributed by atoms with E-state index in [4.69, 9.17) is 5.73 Å². The third-order valence-corrected chi connectivity index (χ3v) is 4.59. The molecular weight excluding hydrogens is 236 g/mol. The largest absolute Gasteiger partial charge is 0.346 e. The molecule has 1 rings (SSSR count). The van der Waals surface area contributed by atoms with Gasteiger partial charge in [-0.3, -0.25) is 4.79 Å². The zero-order chi connectivity index (χ0) is 14.4. The van der Waals surface area contributed by atoms with Crippen molar-refractivity contribution in [3.63, 3.8) is 0 Å². The average Bonchev–Trinajstić information content (AvgIpc) is 2.35. The topological polar surface area (TPSA) is 46.3 Å². The van der Waals surface area contributed by atoms with Crippen LogP contribution < -0.4 is 5.73 Å². The number of rotatable bonds is 6. The minimum atomic E-state index is 0.199. The summed E-state index contributed by atoms with van der Waals surface area (Å²) in [5.41, 5.74) is 6.03. The van der Waals surface area contributed by atoms with Gasteiger partial charge in [0.2, 0.25) is 5.91 Å². The highest BCUT2D eigenvalue weighted by Crippen LogP contribution is 2.30. The first kappa shape index (κ1) is 16.5. The fraction of sp³-hybridized carbons (Fsp3) is 0.938. The Balaban J connectivity index is 2.28. The van der Waals surface area contributed by atoms with Crippen LogP contribution in [-0.4, -0.2) is 30.4 Å². The Hall–Kier alpha value is -0.570. The summed E-state index contributed by atoms with van der Waals surface area (Å²) in [5, 5.41) is 0. The molecule has 0 saturated heterocycles. The highest BCUT2D eigenvalue weighted by molar-refractivity contribution is 5.76. The molecule has 0 aromatic rings. The molecule has 3 atom stereocenters. The van der Waals surface area contributed by atoms with Crippen LogP contribution in [0.4, 0.5) is 0 Å². The minimum Gasteiger partial charge on any atom is -0.346 e. The van der Waals surface area contributed by atoms with Crippen molar-refractivity contribution < 1.29 is 4.79 Å². The van der Waals surface area contributed by atoms with Crippen LogP contribution >= 0.6 is 0 Å². The summed E-state index contributed by atoms with van der Waals surface area (Å²) < 4.78 is 0. The first-order valence-electron chi connectivity index (χ1n) is 7.89. The zero-order valence-electron chi connectivity index (χ0n) is 13.2. The Morgan fingerprint density at radius 1 is 1.37 bits per heavy atom. The molecule has 0 radical (unpaired) electrons. The van der Waals surface area contributed by atoms with Gasteiger partial charge in [-0.15, -0.1) is 0 Å². The van der Waals surface area contributed by atoms with Crippen LogP contribution in [-0.2, 0) is 4.79 Å². The molecule has 2 N–H and O–H groups in total. The smallest absolute Gasteiger partial charge is 0.222 e. The second-order valence-electron chi connectivity index (χ2n) is 6.85. The van der Waals surface area contributed by atoms with Crippen LogP contribution in [0.25, 0.3) is 0 Å². The number of nitrogens with two attached hydrogens (primary N) is 1. The van der Waals surface area contributed by atoms with Gasteiger partial charge in [0.15, 0.2) is 0 Å². The Morgan fingerprint density at radius 3 is 2.63 bits per heavy atom. The van der Waals surface area contributed by atoms with Gasteiger partial charge in [0.1, 0.15) is 0 Å². The summed E-state index contributed by atoms with van der Waals surface area (Å²) in [6, 6.07) is 0.199. The summed E-state index contributed by atoms with van der Waals surface area (Å²) in [6.45, 7) is 7.37. The molecule has 1 amide bonds. The maximum absolute atomic E-state index is 12.2. The fourth-order valence-corrected chi connectivity index (χ4v) is 2.95. The number of amides is 1. The molecule has 19 heavy (non-hydrogen) atoms. The van der Waals surface area contributed by atoms with E-state index in [1.165, 1.54) is 25.7 Å². The van der Waals surface area contributed by atoms with Gasteiger partial charge in [-0.05, 0) is 37.0 Å². The molecular formula is C16H32N2O. The van der Waals surface area contributed by atoms with Crippen molar-refractivity contribution in [2.75, 3.05) is 13.6 Å². The second-order valence-corrected chi connectivity index (χ2v) is 6.85. The molecule has 1 fully saturated rings. The molecule has 3 heteroatoms. The van der Waals surface area contributed by atoms with Gasteiger partial charge >= 0.3 is 0 Å². The van der Waals surface area contributed by atoms with E-state index < -0.39 is 0 Å². The summed E-state index contributed by atoms with van der Waals surface area (Å²) in [7, 11) is 1.92. The lowest BCUT2D eigenvalue weighted by Gasteiger charge is -2.28. The van der Waals surface area contributed by atoms with E-state index in [9.17, 15) is 4.79 Å². The van der Waals surface area contributed by atoms with Gasteiger partial charge in [0, 0.05) is 26.1 Å². The molecule has 0 spiro atoms. The van der Waals surface area contributed by atoms with Crippen LogP contribution in [0.3, 0.4) is 0 Å². The predicted octanol–water partition coefficient (Wildman–Crippen LogP) is 3.03. The fourth-order valence-electron chi connectivity index (χ4n) is 2.95. The third-order valence-electron chi connectivity index (χ3n) is 4.59. The Bertz CT molecular complexity index is 278. The minimum absolute atomic E-state index is 0.199. The number of hydrogen-bond donors (Lipinski definition) is 1. The molecule has 0 aromatic carbocycles. The third kappa shape index (κ3) is 5.94. The highest BCUT2D eigenvalue weighted by atomic mass is 16.2. The van der Waals surface area contributed by atoms with Crippen molar-refractivity contribution in [2.24, 2.45) is 23.5 Å². The summed E-state index contributed by atoms with van der Waals surface area (Å²) in [6.07, 6.45) is 6.73. The maximum Gasteiger partial charge on any atom is 0.222 e. The number of nitrogens with zero attached hydrogens (tertiary/aromatic N) is 1. The van der Waals surface area contributed by atoms with E-state index in [2.05, 4.69) is 20.8 Å². The van der Waals surface area contributed by atoms with Gasteiger partial charge in [-0.25, -0.2) is 0 Å². The molecule has 1 aliphatic carbocycles. The lowest BCUT2D eigenvalue weighted by molar-refractivity contribution is -0.131. The molecule has 3 nitrogen and oxygen atoms in total. The van der Waals surface area contributed by atoms with Gasteiger partial charge in [0.05, 0.1) is 0 Å². The molecule has 1 aliphatic rings. The van der Waals surface area contributed by atoms with Crippen molar-refractivity contribution in [1.82, 2.24) is 4.90 Å². The van der Waals surface area contributed by atoms with E-state index >= 15 is 0 Å². The molecule has 3 unspecified atom stereocenters. The van der Waals surface area contributed by atoms with E-state index in [1.54, 1.807) is 0 Å². The first-order valence-corrected chi connectivity index (χ1v) is 7.89. The van der Waals surface area contributed by atoms with E-state index in [0.717, 1.165) is 25.3 Å². The highest BCUT2D eigenvalue weighted by Gasteiger charge is 2.23. The first-order chi connectivity index (χ1) is 8.90. The van der Waals surface area contributed by atoms with Crippen LogP contribution in [0.15, 0.2) is 0 Å². The summed E-state index contributed by atoms with van der Waals surface area (Å²) in [5.74, 6) is 2.20. The normalized spacial score (nSPS) is 25.4. The van der Waals surface area contributed by atoms with Crippen LogP contribution in [0.1, 0.15) is 59.3 Å². The van der Waals surface area contributed by atoms with Crippen molar-refractivity contribution in [2.45, 2.75) is 65.3 Å². The standard InChI is InChI=1S/C16H32N2O/c1-12(2)15(17)8-9-18(4)16(19)11-14-7-5-6-13(3)10-14/h12-15H,5-11,17H2,1-4H3. The van der Waals surface area contributed by atoms with Gasteiger partial charge in [0.25, 0.3) is 0 Å². The molecule has 1 saturated carbocycles. The SMILES string of the molecule is CC1CCCC(CC(=O)N(C)CCC(N)C(C)C)C1. The van der Waals surface area contributed by atoms with Gasteiger partial charge < -0.3 is 10.6 Å². The van der Waals surface area contributed by atoms with Crippen molar-refractivity contribution >= 4 is 5.91 Å². The number of hydrogen-bond acceptors (Lipinski definition) is 2. The maximum atomic E-state index is 12.2. The lowest BCUT2D eigenvalue weighted by atomic mass is 9.80. The van der Waals surface area contributed by atoms with Crippen molar-refractivity contribution in [3.8, 4) is 0 Å². The quantitative estimate of drug-likeness (QED) is 0.805. The molecule has 0 heterocycles. The van der Waals surface area contributed by atoms with Crippen molar-refractivity contribution in [3.05, 3.63) is 0 Å². The van der Waals surface area contributed by atoms with Crippen LogP contribution in [0, 0.1) is 17.8 Å². The van der Waals surface area contributed by atoms with Crippen LogP contribution in [0.5, 0.6) is 0 Å². The lowest BCUT2D eigenvalue weighted by Crippen LogP contribution is -2.35. The predicted molar refractivity (Wildman–Crippen MR) is 80.8 cm³/mol. The monoisotopic (exact) mass is 268 g/mol. The molecule has 112 valence electrons. The van der Waals surface area contributed by atoms with Crippen molar-refractivity contribution in [1.29, 1.82) is 0 Å². The number of carbonyl (C=O) groups is 1. The molecule has 0 aromatic heterocycles. The Morgan fingerprint density at radius 2 is 2.05 bits per heavy atom.